The molecule has 0 bridgehead atoms. The van der Waals surface area contributed by atoms with Gasteiger partial charge in [0.1, 0.15) is 5.41 Å². The standard InChI is InChI=1S/C9H14O2/c1-5-6-7-9(2,3)8(10)11-4/h5H2,1-4H3. The largest absolute Gasteiger partial charge is 0.468 e. The molecule has 0 saturated carbocycles. The summed E-state index contributed by atoms with van der Waals surface area (Å²) < 4.78 is 4.57. The molecule has 11 heavy (non-hydrogen) atoms. The Morgan fingerprint density at radius 1 is 1.55 bits per heavy atom. The van der Waals surface area contributed by atoms with Crippen LogP contribution in [0.1, 0.15) is 27.2 Å². The maximum absolute atomic E-state index is 11.0. The molecule has 0 heterocycles. The van der Waals surface area contributed by atoms with Crippen LogP contribution in [0, 0.1) is 17.3 Å². The number of hydrogen-bond donors (Lipinski definition) is 0. The summed E-state index contributed by atoms with van der Waals surface area (Å²) in [5, 5.41) is 0. The lowest BCUT2D eigenvalue weighted by atomic mass is 9.95. The van der Waals surface area contributed by atoms with Crippen molar-refractivity contribution in [2.75, 3.05) is 7.11 Å². The van der Waals surface area contributed by atoms with Crippen LogP contribution < -0.4 is 0 Å². The highest BCUT2D eigenvalue weighted by molar-refractivity contribution is 5.79. The van der Waals surface area contributed by atoms with Gasteiger partial charge in [-0.15, -0.1) is 5.92 Å². The van der Waals surface area contributed by atoms with Gasteiger partial charge in [0, 0.05) is 6.42 Å². The lowest BCUT2D eigenvalue weighted by molar-refractivity contribution is -0.147. The van der Waals surface area contributed by atoms with Gasteiger partial charge in [-0.05, 0) is 13.8 Å². The van der Waals surface area contributed by atoms with Crippen molar-refractivity contribution >= 4 is 5.97 Å². The summed E-state index contributed by atoms with van der Waals surface area (Å²) >= 11 is 0. The van der Waals surface area contributed by atoms with Crippen molar-refractivity contribution in [1.82, 2.24) is 0 Å². The molecular formula is C9H14O2. The number of ether oxygens (including phenoxy) is 1. The second-order valence-electron chi connectivity index (χ2n) is 2.77. The summed E-state index contributed by atoms with van der Waals surface area (Å²) in [6, 6.07) is 0. The van der Waals surface area contributed by atoms with Crippen LogP contribution in [-0.2, 0) is 9.53 Å². The molecule has 0 aromatic heterocycles. The van der Waals surface area contributed by atoms with Crippen molar-refractivity contribution in [3.63, 3.8) is 0 Å². The lowest BCUT2D eigenvalue weighted by Crippen LogP contribution is -2.23. The third-order valence-electron chi connectivity index (χ3n) is 1.27. The maximum Gasteiger partial charge on any atom is 0.323 e. The third kappa shape index (κ3) is 3.08. The minimum atomic E-state index is -0.662. The Bertz CT molecular complexity index is 193. The van der Waals surface area contributed by atoms with Gasteiger partial charge in [0.15, 0.2) is 0 Å². The molecule has 0 atom stereocenters. The van der Waals surface area contributed by atoms with Gasteiger partial charge in [-0.25, -0.2) is 0 Å². The summed E-state index contributed by atoms with van der Waals surface area (Å²) in [6.45, 7) is 5.45. The molecular weight excluding hydrogens is 140 g/mol. The molecule has 0 unspecified atom stereocenters. The van der Waals surface area contributed by atoms with E-state index in [1.807, 2.05) is 6.92 Å². The zero-order chi connectivity index (χ0) is 8.91. The first-order chi connectivity index (χ1) is 5.04. The van der Waals surface area contributed by atoms with E-state index in [1.54, 1.807) is 13.8 Å². The van der Waals surface area contributed by atoms with Crippen molar-refractivity contribution in [2.24, 2.45) is 5.41 Å². The van der Waals surface area contributed by atoms with Gasteiger partial charge in [0.25, 0.3) is 0 Å². The fourth-order valence-corrected chi connectivity index (χ4v) is 0.616. The van der Waals surface area contributed by atoms with Crippen molar-refractivity contribution in [3.05, 3.63) is 0 Å². The van der Waals surface area contributed by atoms with E-state index in [9.17, 15) is 4.79 Å². The number of carbonyl (C=O) groups excluding carboxylic acids is 1. The average Bonchev–Trinajstić information content (AvgIpc) is 1.99. The minimum absolute atomic E-state index is 0.279. The van der Waals surface area contributed by atoms with E-state index in [0.717, 1.165) is 6.42 Å². The van der Waals surface area contributed by atoms with Gasteiger partial charge in [-0.1, -0.05) is 12.8 Å². The molecule has 0 spiro atoms. The summed E-state index contributed by atoms with van der Waals surface area (Å²) in [4.78, 5) is 11.0. The molecule has 0 aliphatic heterocycles. The van der Waals surface area contributed by atoms with E-state index in [1.165, 1.54) is 7.11 Å². The SMILES string of the molecule is CCC#CC(C)(C)C(=O)OC. The first-order valence-corrected chi connectivity index (χ1v) is 3.63. The zero-order valence-electron chi connectivity index (χ0n) is 7.52. The molecule has 0 rings (SSSR count). The van der Waals surface area contributed by atoms with Crippen LogP contribution in [-0.4, -0.2) is 13.1 Å². The highest BCUT2D eigenvalue weighted by Gasteiger charge is 2.25. The first-order valence-electron chi connectivity index (χ1n) is 3.63. The minimum Gasteiger partial charge on any atom is -0.468 e. The molecule has 62 valence electrons. The Labute approximate surface area is 67.9 Å². The maximum atomic E-state index is 11.0. The molecule has 0 amide bonds. The zero-order valence-corrected chi connectivity index (χ0v) is 7.52. The number of methoxy groups -OCH3 is 1. The predicted octanol–water partition coefficient (Wildman–Crippen LogP) is 1.60. The highest BCUT2D eigenvalue weighted by atomic mass is 16.5. The van der Waals surface area contributed by atoms with E-state index in [-0.39, 0.29) is 5.97 Å². The van der Waals surface area contributed by atoms with Gasteiger partial charge in [-0.2, -0.15) is 0 Å². The van der Waals surface area contributed by atoms with E-state index < -0.39 is 5.41 Å². The van der Waals surface area contributed by atoms with Crippen LogP contribution in [0.2, 0.25) is 0 Å². The van der Waals surface area contributed by atoms with Gasteiger partial charge in [0.2, 0.25) is 0 Å². The molecule has 2 nitrogen and oxygen atoms in total. The Morgan fingerprint density at radius 3 is 2.45 bits per heavy atom. The van der Waals surface area contributed by atoms with Crippen LogP contribution in [0.4, 0.5) is 0 Å². The van der Waals surface area contributed by atoms with E-state index in [4.69, 9.17) is 0 Å². The molecule has 0 aromatic rings. The fraction of sp³-hybridized carbons (Fsp3) is 0.667. The number of rotatable bonds is 1. The van der Waals surface area contributed by atoms with Crippen molar-refractivity contribution in [3.8, 4) is 11.8 Å². The van der Waals surface area contributed by atoms with Crippen LogP contribution >= 0.6 is 0 Å². The molecule has 0 aliphatic carbocycles. The molecule has 2 heteroatoms. The summed E-state index contributed by atoms with van der Waals surface area (Å²) in [5.41, 5.74) is -0.662. The molecule has 0 saturated heterocycles. The average molecular weight is 154 g/mol. The lowest BCUT2D eigenvalue weighted by Gasteiger charge is -2.13. The second-order valence-corrected chi connectivity index (χ2v) is 2.77. The van der Waals surface area contributed by atoms with Gasteiger partial charge >= 0.3 is 5.97 Å². The van der Waals surface area contributed by atoms with Gasteiger partial charge in [0.05, 0.1) is 7.11 Å². The van der Waals surface area contributed by atoms with Crippen LogP contribution in [0.3, 0.4) is 0 Å². The Hall–Kier alpha value is -0.970. The van der Waals surface area contributed by atoms with Gasteiger partial charge < -0.3 is 4.74 Å². The van der Waals surface area contributed by atoms with E-state index in [0.29, 0.717) is 0 Å². The van der Waals surface area contributed by atoms with Crippen LogP contribution in [0.15, 0.2) is 0 Å². The van der Waals surface area contributed by atoms with E-state index >= 15 is 0 Å². The summed E-state index contributed by atoms with van der Waals surface area (Å²) in [6.07, 6.45) is 0.764. The normalized spacial score (nSPS) is 9.82. The Morgan fingerprint density at radius 2 is 2.09 bits per heavy atom. The Kier molecular flexibility index (Phi) is 3.67. The van der Waals surface area contributed by atoms with Crippen molar-refractivity contribution < 1.29 is 9.53 Å². The topological polar surface area (TPSA) is 26.3 Å². The number of hydrogen-bond acceptors (Lipinski definition) is 2. The predicted molar refractivity (Wildman–Crippen MR) is 43.9 cm³/mol. The second kappa shape index (κ2) is 4.02. The molecule has 0 N–H and O–H groups in total. The number of carbonyl (C=O) groups is 1. The fourth-order valence-electron chi connectivity index (χ4n) is 0.616. The van der Waals surface area contributed by atoms with Crippen molar-refractivity contribution in [1.29, 1.82) is 0 Å². The third-order valence-corrected chi connectivity index (χ3v) is 1.27. The highest BCUT2D eigenvalue weighted by Crippen LogP contribution is 2.14. The smallest absolute Gasteiger partial charge is 0.323 e. The Balaban J connectivity index is 4.33. The molecule has 0 aliphatic rings. The van der Waals surface area contributed by atoms with E-state index in [2.05, 4.69) is 16.6 Å². The number of esters is 1. The summed E-state index contributed by atoms with van der Waals surface area (Å²) in [7, 11) is 1.37. The summed E-state index contributed by atoms with van der Waals surface area (Å²) in [5.74, 6) is 5.41. The monoisotopic (exact) mass is 154 g/mol. The first kappa shape index (κ1) is 10.0. The van der Waals surface area contributed by atoms with Crippen LogP contribution in [0.25, 0.3) is 0 Å². The molecule has 0 radical (unpaired) electrons. The van der Waals surface area contributed by atoms with Crippen molar-refractivity contribution in [2.45, 2.75) is 27.2 Å². The quantitative estimate of drug-likeness (QED) is 0.423. The molecule has 0 aromatic carbocycles. The van der Waals surface area contributed by atoms with Gasteiger partial charge in [-0.3, -0.25) is 4.79 Å². The van der Waals surface area contributed by atoms with Crippen LogP contribution in [0.5, 0.6) is 0 Å². The molecule has 0 fully saturated rings.